The van der Waals surface area contributed by atoms with Crippen molar-refractivity contribution in [2.24, 2.45) is 4.99 Å². The van der Waals surface area contributed by atoms with Crippen LogP contribution < -0.4 is 5.73 Å². The maximum Gasteiger partial charge on any atom is 0.267 e. The number of nitrogens with two attached hydrogens (primary N) is 1. The summed E-state index contributed by atoms with van der Waals surface area (Å²) in [5.41, 5.74) is 9.47. The summed E-state index contributed by atoms with van der Waals surface area (Å²) in [4.78, 5) is 25.3. The molecule has 5 nitrogen and oxygen atoms in total. The first-order chi connectivity index (χ1) is 13.5. The molecule has 7 heteroatoms. The van der Waals surface area contributed by atoms with E-state index < -0.39 is 0 Å². The summed E-state index contributed by atoms with van der Waals surface area (Å²) in [6.45, 7) is 3.96. The van der Waals surface area contributed by atoms with Crippen LogP contribution in [0, 0.1) is 6.92 Å². The van der Waals surface area contributed by atoms with Crippen molar-refractivity contribution < 1.29 is 4.79 Å². The van der Waals surface area contributed by atoms with Gasteiger partial charge in [0.1, 0.15) is 0 Å². The predicted molar refractivity (Wildman–Crippen MR) is 119 cm³/mol. The third-order valence-electron chi connectivity index (χ3n) is 5.23. The number of aromatic nitrogens is 1. The van der Waals surface area contributed by atoms with Crippen molar-refractivity contribution in [2.75, 3.05) is 5.73 Å². The molecule has 2 heterocycles. The Bertz CT molecular complexity index is 940. The van der Waals surface area contributed by atoms with Gasteiger partial charge in [-0.25, -0.2) is 4.98 Å². The Balaban J connectivity index is 1.73. The Kier molecular flexibility index (Phi) is 5.55. The molecule has 28 heavy (non-hydrogen) atoms. The van der Waals surface area contributed by atoms with E-state index in [9.17, 15) is 4.79 Å². The van der Waals surface area contributed by atoms with Crippen molar-refractivity contribution in [3.63, 3.8) is 0 Å². The number of hydrogen-bond donors (Lipinski definition) is 1. The van der Waals surface area contributed by atoms with Crippen molar-refractivity contribution in [1.82, 2.24) is 9.88 Å². The Morgan fingerprint density at radius 3 is 2.57 bits per heavy atom. The molecule has 146 valence electrons. The summed E-state index contributed by atoms with van der Waals surface area (Å²) < 4.78 is 0. The summed E-state index contributed by atoms with van der Waals surface area (Å²) in [6, 6.07) is 7.90. The van der Waals surface area contributed by atoms with Gasteiger partial charge in [0, 0.05) is 17.1 Å². The smallest absolute Gasteiger partial charge is 0.267 e. The Morgan fingerprint density at radius 2 is 1.93 bits per heavy atom. The van der Waals surface area contributed by atoms with Gasteiger partial charge in [0.05, 0.1) is 10.6 Å². The summed E-state index contributed by atoms with van der Waals surface area (Å²) in [5, 5.41) is 3.46. The number of aryl methyl sites for hydroxylation is 1. The highest BCUT2D eigenvalue weighted by atomic mass is 32.2. The zero-order chi connectivity index (χ0) is 19.7. The maximum atomic E-state index is 13.4. The number of nitrogen functional groups attached to an aromatic ring is 1. The molecular weight excluding hydrogens is 388 g/mol. The van der Waals surface area contributed by atoms with Gasteiger partial charge in [0.25, 0.3) is 5.91 Å². The lowest BCUT2D eigenvalue weighted by atomic mass is 9.94. The molecule has 0 bridgehead atoms. The number of thiazole rings is 1. The topological polar surface area (TPSA) is 71.6 Å². The fourth-order valence-electron chi connectivity index (χ4n) is 3.69. The van der Waals surface area contributed by atoms with Gasteiger partial charge in [0.15, 0.2) is 5.17 Å². The largest absolute Gasteiger partial charge is 0.399 e. The zero-order valence-electron chi connectivity index (χ0n) is 16.1. The summed E-state index contributed by atoms with van der Waals surface area (Å²) in [7, 11) is 0. The van der Waals surface area contributed by atoms with Gasteiger partial charge in [0.2, 0.25) is 5.13 Å². The van der Waals surface area contributed by atoms with Gasteiger partial charge in [-0.3, -0.25) is 9.69 Å². The van der Waals surface area contributed by atoms with Crippen molar-refractivity contribution in [3.05, 3.63) is 45.8 Å². The van der Waals surface area contributed by atoms with E-state index in [4.69, 9.17) is 10.7 Å². The molecule has 0 spiro atoms. The number of benzene rings is 1. The van der Waals surface area contributed by atoms with Crippen LogP contribution in [0.5, 0.6) is 0 Å². The van der Waals surface area contributed by atoms with Gasteiger partial charge in [-0.15, -0.1) is 11.3 Å². The van der Waals surface area contributed by atoms with Gasteiger partial charge < -0.3 is 5.73 Å². The molecule has 1 saturated heterocycles. The zero-order valence-corrected chi connectivity index (χ0v) is 17.8. The van der Waals surface area contributed by atoms with Crippen LogP contribution in [-0.2, 0) is 4.79 Å². The van der Waals surface area contributed by atoms with E-state index in [1.807, 2.05) is 48.4 Å². The summed E-state index contributed by atoms with van der Waals surface area (Å²) in [6.07, 6.45) is 5.65. The van der Waals surface area contributed by atoms with E-state index in [1.165, 1.54) is 42.4 Å². The van der Waals surface area contributed by atoms with Crippen LogP contribution in [0.15, 0.2) is 39.5 Å². The normalized spacial score (nSPS) is 21.6. The summed E-state index contributed by atoms with van der Waals surface area (Å²) >= 11 is 2.99. The molecule has 2 aromatic rings. The summed E-state index contributed by atoms with van der Waals surface area (Å²) in [5.74, 6) is 0.0678. The number of rotatable bonds is 3. The van der Waals surface area contributed by atoms with Crippen molar-refractivity contribution >= 4 is 50.6 Å². The molecule has 2 aliphatic rings. The first-order valence-electron chi connectivity index (χ1n) is 9.62. The highest BCUT2D eigenvalue weighted by molar-refractivity contribution is 8.18. The van der Waals surface area contributed by atoms with E-state index in [-0.39, 0.29) is 11.9 Å². The van der Waals surface area contributed by atoms with Crippen LogP contribution in [0.3, 0.4) is 0 Å². The molecule has 0 radical (unpaired) electrons. The van der Waals surface area contributed by atoms with Crippen molar-refractivity contribution in [2.45, 2.75) is 52.0 Å². The SMILES string of the molecule is C/C(=C1/S/C(=N/c2nc(C)cs2)N(C2CCCCC2)C1=O)c1ccc(N)cc1. The molecule has 4 rings (SSSR count). The molecule has 1 aliphatic carbocycles. The van der Waals surface area contributed by atoms with Crippen LogP contribution in [0.4, 0.5) is 10.8 Å². The van der Waals surface area contributed by atoms with Gasteiger partial charge in [-0.05, 0) is 61.7 Å². The molecule has 1 aliphatic heterocycles. The van der Waals surface area contributed by atoms with E-state index in [2.05, 4.69) is 4.98 Å². The molecule has 0 unspecified atom stereocenters. The molecule has 1 amide bonds. The molecular formula is C21H24N4OS2. The second-order valence-corrected chi connectivity index (χ2v) is 9.13. The van der Waals surface area contributed by atoms with E-state index >= 15 is 0 Å². The third kappa shape index (κ3) is 3.86. The number of hydrogen-bond acceptors (Lipinski definition) is 6. The number of carbonyl (C=O) groups is 1. The Morgan fingerprint density at radius 1 is 1.21 bits per heavy atom. The Hall–Kier alpha value is -2.12. The van der Waals surface area contributed by atoms with Crippen molar-refractivity contribution in [3.8, 4) is 0 Å². The third-order valence-corrected chi connectivity index (χ3v) is 7.24. The van der Waals surface area contributed by atoms with E-state index in [1.54, 1.807) is 0 Å². The Labute approximate surface area is 173 Å². The van der Waals surface area contributed by atoms with Gasteiger partial charge in [-0.2, -0.15) is 4.99 Å². The van der Waals surface area contributed by atoms with Gasteiger partial charge in [-0.1, -0.05) is 31.4 Å². The average Bonchev–Trinajstić information content (AvgIpc) is 3.25. The second kappa shape index (κ2) is 8.09. The number of thioether (sulfide) groups is 1. The maximum absolute atomic E-state index is 13.4. The van der Waals surface area contributed by atoms with Crippen LogP contribution in [0.25, 0.3) is 5.57 Å². The number of allylic oxidation sites excluding steroid dienone is 1. The van der Waals surface area contributed by atoms with Crippen LogP contribution in [-0.4, -0.2) is 27.0 Å². The van der Waals surface area contributed by atoms with Gasteiger partial charge >= 0.3 is 0 Å². The molecule has 0 atom stereocenters. The molecule has 2 N–H and O–H groups in total. The first kappa shape index (κ1) is 19.2. The van der Waals surface area contributed by atoms with Crippen LogP contribution in [0.2, 0.25) is 0 Å². The van der Waals surface area contributed by atoms with E-state index in [0.29, 0.717) is 5.13 Å². The number of amides is 1. The van der Waals surface area contributed by atoms with Crippen molar-refractivity contribution in [1.29, 1.82) is 0 Å². The first-order valence-corrected chi connectivity index (χ1v) is 11.3. The molecule has 1 aromatic carbocycles. The highest BCUT2D eigenvalue weighted by Crippen LogP contribution is 2.41. The van der Waals surface area contributed by atoms with Crippen LogP contribution in [0.1, 0.15) is 50.3 Å². The quantitative estimate of drug-likeness (QED) is 0.544. The number of amidine groups is 1. The minimum Gasteiger partial charge on any atom is -0.399 e. The van der Waals surface area contributed by atoms with Crippen LogP contribution >= 0.6 is 23.1 Å². The lowest BCUT2D eigenvalue weighted by Gasteiger charge is -2.30. The monoisotopic (exact) mass is 412 g/mol. The standard InChI is InChI=1S/C21H24N4OS2/c1-13-12-27-20(23-13)24-21-25(17-6-4-3-5-7-17)19(26)18(28-21)14(2)15-8-10-16(22)11-9-15/h8-12,17H,3-7,22H2,1-2H3/b18-14-,24-21+. The predicted octanol–water partition coefficient (Wildman–Crippen LogP) is 5.36. The number of nitrogens with zero attached hydrogens (tertiary/aromatic N) is 3. The molecule has 1 aromatic heterocycles. The number of anilines is 1. The molecule has 2 fully saturated rings. The highest BCUT2D eigenvalue weighted by Gasteiger charge is 2.40. The fraction of sp³-hybridized carbons (Fsp3) is 0.381. The average molecular weight is 413 g/mol. The minimum atomic E-state index is 0.0678. The number of carbonyl (C=O) groups excluding carboxylic acids is 1. The second-order valence-electron chi connectivity index (χ2n) is 7.31. The lowest BCUT2D eigenvalue weighted by molar-refractivity contribution is -0.124. The fourth-order valence-corrected chi connectivity index (χ4v) is 5.52. The van der Waals surface area contributed by atoms with E-state index in [0.717, 1.165) is 45.4 Å². The lowest BCUT2D eigenvalue weighted by Crippen LogP contribution is -2.40. The minimum absolute atomic E-state index is 0.0678. The molecule has 1 saturated carbocycles. The number of aliphatic imine (C=N–C) groups is 1.